The lowest BCUT2D eigenvalue weighted by molar-refractivity contribution is -0.139. The minimum absolute atomic E-state index is 0.0327. The molecule has 0 saturated heterocycles. The Balaban J connectivity index is 0.000000218. The van der Waals surface area contributed by atoms with E-state index in [2.05, 4.69) is 19.9 Å². The van der Waals surface area contributed by atoms with Gasteiger partial charge >= 0.3 is 12.4 Å². The van der Waals surface area contributed by atoms with Crippen LogP contribution in [-0.4, -0.2) is 42.6 Å². The smallest absolute Gasteiger partial charge is 0.317 e. The van der Waals surface area contributed by atoms with Crippen molar-refractivity contribution >= 4 is 20.0 Å². The van der Waals surface area contributed by atoms with Crippen molar-refractivity contribution in [1.82, 2.24) is 24.5 Å². The molecule has 0 bridgehead atoms. The summed E-state index contributed by atoms with van der Waals surface area (Å²) >= 11 is 0. The van der Waals surface area contributed by atoms with Gasteiger partial charge in [0.25, 0.3) is 0 Å². The fourth-order valence-electron chi connectivity index (χ4n) is 5.77. The number of nitrogens with two attached hydrogens (primary N) is 1. The van der Waals surface area contributed by atoms with Crippen LogP contribution in [0, 0.1) is 0 Å². The minimum Gasteiger partial charge on any atom is -0.317 e. The first-order chi connectivity index (χ1) is 23.9. The Kier molecular flexibility index (Phi) is 11.0. The highest BCUT2D eigenvalue weighted by atomic mass is 32.2. The molecule has 10 nitrogen and oxygen atoms in total. The van der Waals surface area contributed by atoms with Crippen LogP contribution in [0.1, 0.15) is 42.9 Å². The molecule has 0 radical (unpaired) electrons. The molecule has 0 amide bonds. The van der Waals surface area contributed by atoms with Crippen LogP contribution >= 0.6 is 0 Å². The predicted molar refractivity (Wildman–Crippen MR) is 175 cm³/mol. The Labute approximate surface area is 289 Å². The second-order valence-corrected chi connectivity index (χ2v) is 14.9. The quantitative estimate of drug-likeness (QED) is 0.173. The number of rotatable bonds is 7. The van der Waals surface area contributed by atoms with Crippen molar-refractivity contribution in [1.29, 1.82) is 0 Å². The lowest BCUT2D eigenvalue weighted by Crippen LogP contribution is -2.38. The van der Waals surface area contributed by atoms with Gasteiger partial charge in [0.1, 0.15) is 12.7 Å². The highest BCUT2D eigenvalue weighted by Crippen LogP contribution is 2.41. The minimum atomic E-state index is -4.83. The van der Waals surface area contributed by atoms with Crippen molar-refractivity contribution < 1.29 is 43.2 Å². The van der Waals surface area contributed by atoms with Gasteiger partial charge in [0.15, 0.2) is 0 Å². The predicted octanol–water partition coefficient (Wildman–Crippen LogP) is 6.84. The fourth-order valence-corrected chi connectivity index (χ4v) is 7.91. The average Bonchev–Trinajstić information content (AvgIpc) is 3.63. The molecule has 2 atom stereocenters. The van der Waals surface area contributed by atoms with Gasteiger partial charge in [0.2, 0.25) is 20.0 Å². The lowest BCUT2D eigenvalue weighted by Gasteiger charge is -2.30. The maximum Gasteiger partial charge on any atom is 0.418 e. The third-order valence-corrected chi connectivity index (χ3v) is 10.5. The summed E-state index contributed by atoms with van der Waals surface area (Å²) < 4.78 is 133. The van der Waals surface area contributed by atoms with Gasteiger partial charge in [-0.3, -0.25) is 4.98 Å². The summed E-state index contributed by atoms with van der Waals surface area (Å²) in [5, 5.41) is 12.4. The standard InChI is InChI=1S/C20H20F3N5O2S.C13H10F3NO2S/c21-20(22,23)16-8-15(14-4-6-24-7-5-14)9-19(10-16)31(29,30)27-17-2-1-3-18(11-17)28-12-25-26-13-28;14-13(15,16)12-10(9-5-2-1-3-6-9)7-4-8-11(12)20(17,18)19/h4-10,12-13,17-18,27H,1-3,11H2;1-8H,(H2,17,18,19)/t17-,18+;/m0./s1. The number of halogens is 6. The number of hydrogen-bond acceptors (Lipinski definition) is 7. The van der Waals surface area contributed by atoms with Crippen molar-refractivity contribution in [3.05, 3.63) is 115 Å². The first kappa shape index (κ1) is 37.6. The molecule has 0 aliphatic heterocycles. The van der Waals surface area contributed by atoms with E-state index >= 15 is 0 Å². The van der Waals surface area contributed by atoms with Gasteiger partial charge in [-0.1, -0.05) is 42.5 Å². The van der Waals surface area contributed by atoms with Gasteiger partial charge in [-0.15, -0.1) is 10.2 Å². The Morgan fingerprint density at radius 2 is 1.41 bits per heavy atom. The van der Waals surface area contributed by atoms with Crippen LogP contribution in [0.4, 0.5) is 26.3 Å². The zero-order valence-electron chi connectivity index (χ0n) is 26.4. The molecular weight excluding hydrogens is 723 g/mol. The lowest BCUT2D eigenvalue weighted by atomic mass is 9.91. The summed E-state index contributed by atoms with van der Waals surface area (Å²) in [5.74, 6) is 0. The first-order valence-electron chi connectivity index (χ1n) is 15.2. The largest absolute Gasteiger partial charge is 0.418 e. The van der Waals surface area contributed by atoms with Crippen LogP contribution in [0.25, 0.3) is 22.3 Å². The van der Waals surface area contributed by atoms with E-state index in [4.69, 9.17) is 5.14 Å². The molecule has 1 saturated carbocycles. The molecule has 270 valence electrons. The SMILES string of the molecule is NS(=O)(=O)c1cccc(-c2ccccc2)c1C(F)(F)F.O=S(=O)(N[C@H]1CCC[C@@H](n2cnnc2)C1)c1cc(-c2ccncc2)cc(C(F)(F)F)c1. The Bertz CT molecular complexity index is 2170. The van der Waals surface area contributed by atoms with Gasteiger partial charge in [0.05, 0.1) is 20.9 Å². The van der Waals surface area contributed by atoms with E-state index in [-0.39, 0.29) is 22.7 Å². The molecule has 0 unspecified atom stereocenters. The number of nitrogens with zero attached hydrogens (tertiary/aromatic N) is 4. The maximum absolute atomic E-state index is 13.5. The molecule has 1 aliphatic carbocycles. The van der Waals surface area contributed by atoms with Crippen LogP contribution in [0.3, 0.4) is 0 Å². The summed E-state index contributed by atoms with van der Waals surface area (Å²) in [6.45, 7) is 0. The highest BCUT2D eigenvalue weighted by Gasteiger charge is 2.39. The van der Waals surface area contributed by atoms with E-state index in [9.17, 15) is 43.2 Å². The summed E-state index contributed by atoms with van der Waals surface area (Å²) in [5.41, 5.74) is -1.61. The molecule has 2 heterocycles. The van der Waals surface area contributed by atoms with Crippen LogP contribution < -0.4 is 9.86 Å². The third-order valence-electron chi connectivity index (χ3n) is 8.09. The highest BCUT2D eigenvalue weighted by molar-refractivity contribution is 7.89. The number of aromatic nitrogens is 4. The van der Waals surface area contributed by atoms with Gasteiger partial charge in [-0.25, -0.2) is 26.7 Å². The Morgan fingerprint density at radius 1 is 0.745 bits per heavy atom. The second kappa shape index (κ2) is 14.9. The van der Waals surface area contributed by atoms with E-state index in [1.165, 1.54) is 54.9 Å². The molecule has 5 aromatic rings. The molecule has 18 heteroatoms. The molecule has 1 aliphatic rings. The van der Waals surface area contributed by atoms with E-state index < -0.39 is 59.4 Å². The molecule has 3 aromatic carbocycles. The number of primary sulfonamides is 1. The van der Waals surface area contributed by atoms with E-state index in [0.29, 0.717) is 24.5 Å². The fraction of sp³-hybridized carbons (Fsp3) is 0.242. The number of sulfonamides is 2. The molecule has 6 rings (SSSR count). The van der Waals surface area contributed by atoms with Crippen LogP contribution in [0.15, 0.2) is 114 Å². The third kappa shape index (κ3) is 9.37. The molecule has 1 fully saturated rings. The Hall–Kier alpha value is -4.65. The number of alkyl halides is 6. The van der Waals surface area contributed by atoms with Crippen LogP contribution in [-0.2, 0) is 32.4 Å². The van der Waals surface area contributed by atoms with Crippen molar-refractivity contribution in [2.45, 2.75) is 59.9 Å². The van der Waals surface area contributed by atoms with Gasteiger partial charge in [-0.05, 0) is 84.3 Å². The van der Waals surface area contributed by atoms with Crippen molar-refractivity contribution in [2.24, 2.45) is 5.14 Å². The van der Waals surface area contributed by atoms with Crippen LogP contribution in [0.2, 0.25) is 0 Å². The summed E-state index contributed by atoms with van der Waals surface area (Å²) in [4.78, 5) is 2.51. The normalized spacial score (nSPS) is 17.0. The van der Waals surface area contributed by atoms with Crippen molar-refractivity contribution in [3.63, 3.8) is 0 Å². The van der Waals surface area contributed by atoms with E-state index in [1.54, 1.807) is 30.9 Å². The number of pyridine rings is 1. The number of nitrogens with one attached hydrogen (secondary N) is 1. The van der Waals surface area contributed by atoms with Crippen LogP contribution in [0.5, 0.6) is 0 Å². The van der Waals surface area contributed by atoms with Gasteiger partial charge in [0, 0.05) is 24.5 Å². The molecule has 0 spiro atoms. The topological polar surface area (TPSA) is 150 Å². The maximum atomic E-state index is 13.5. The van der Waals surface area contributed by atoms with Crippen molar-refractivity contribution in [3.8, 4) is 22.3 Å². The average molecular weight is 753 g/mol. The van der Waals surface area contributed by atoms with E-state index in [0.717, 1.165) is 25.0 Å². The molecule has 51 heavy (non-hydrogen) atoms. The number of hydrogen-bond donors (Lipinski definition) is 2. The monoisotopic (exact) mass is 752 g/mol. The number of benzene rings is 3. The first-order valence-corrected chi connectivity index (χ1v) is 18.2. The second-order valence-electron chi connectivity index (χ2n) is 11.6. The molecule has 3 N–H and O–H groups in total. The zero-order chi connectivity index (χ0) is 37.0. The Morgan fingerprint density at radius 3 is 2.02 bits per heavy atom. The summed E-state index contributed by atoms with van der Waals surface area (Å²) in [7, 11) is -8.64. The zero-order valence-corrected chi connectivity index (χ0v) is 28.0. The van der Waals surface area contributed by atoms with Crippen molar-refractivity contribution in [2.75, 3.05) is 0 Å². The summed E-state index contributed by atoms with van der Waals surface area (Å²) in [6, 6.07) is 16.6. The summed E-state index contributed by atoms with van der Waals surface area (Å²) in [6.07, 6.45) is -0.727. The van der Waals surface area contributed by atoms with E-state index in [1.807, 2.05) is 4.57 Å². The molecular formula is C33H30F6N6O4S2. The van der Waals surface area contributed by atoms with Gasteiger partial charge in [-0.2, -0.15) is 26.3 Å². The van der Waals surface area contributed by atoms with Gasteiger partial charge < -0.3 is 4.57 Å². The molecule has 2 aromatic heterocycles.